The van der Waals surface area contributed by atoms with E-state index < -0.39 is 40.4 Å². The monoisotopic (exact) mass is 1080 g/mol. The molecule has 0 aliphatic carbocycles. The van der Waals surface area contributed by atoms with E-state index in [1.807, 2.05) is 24.3 Å². The van der Waals surface area contributed by atoms with Gasteiger partial charge in [-0.25, -0.2) is 14.8 Å². The number of halogens is 8. The molecule has 0 radical (unpaired) electrons. The second-order valence-corrected chi connectivity index (χ2v) is 22.1. The van der Waals surface area contributed by atoms with Crippen LogP contribution in [-0.4, -0.2) is 74.1 Å². The van der Waals surface area contributed by atoms with Crippen LogP contribution in [0.15, 0.2) is 89.7 Å². The number of H-pyrrole nitrogens is 1. The van der Waals surface area contributed by atoms with Gasteiger partial charge in [-0.1, -0.05) is 76.9 Å². The summed E-state index contributed by atoms with van der Waals surface area (Å²) in [4.78, 5) is 61.1. The van der Waals surface area contributed by atoms with Crippen LogP contribution in [0.3, 0.4) is 0 Å². The normalized spacial score (nSPS) is 12.4. The molecule has 402 valence electrons. The molecular formula is C55H60Cl2F6N6O6. The van der Waals surface area contributed by atoms with Crippen molar-refractivity contribution in [1.29, 1.82) is 0 Å². The van der Waals surface area contributed by atoms with Crippen molar-refractivity contribution in [2.45, 2.75) is 107 Å². The largest absolute Gasteiger partial charge is 0.493 e. The van der Waals surface area contributed by atoms with Crippen molar-refractivity contribution < 1.29 is 50.1 Å². The first-order valence-electron chi connectivity index (χ1n) is 23.7. The van der Waals surface area contributed by atoms with Gasteiger partial charge in [-0.15, -0.1) is 0 Å². The van der Waals surface area contributed by atoms with E-state index in [0.29, 0.717) is 68.9 Å². The quantitative estimate of drug-likeness (QED) is 0.0866. The number of nitrogens with zero attached hydrogens (tertiary/aromatic N) is 5. The molecule has 12 nitrogen and oxygen atoms in total. The molecule has 0 saturated carbocycles. The van der Waals surface area contributed by atoms with Crippen LogP contribution < -0.4 is 19.9 Å². The van der Waals surface area contributed by atoms with Gasteiger partial charge in [0.25, 0.3) is 0 Å². The number of hydrogen-bond acceptors (Lipinski definition) is 11. The molecule has 0 bridgehead atoms. The number of nitrogens with one attached hydrogen (secondary N) is 1. The van der Waals surface area contributed by atoms with Crippen molar-refractivity contribution >= 4 is 34.8 Å². The fraction of sp³-hybridized carbons (Fsp3) is 0.418. The fourth-order valence-electron chi connectivity index (χ4n) is 6.60. The number of hydrogen-bond donors (Lipinski definition) is 1. The van der Waals surface area contributed by atoms with Crippen LogP contribution in [0, 0.1) is 21.7 Å². The van der Waals surface area contributed by atoms with E-state index in [9.17, 15) is 40.7 Å². The molecule has 4 aromatic carbocycles. The Labute approximate surface area is 442 Å². The second-order valence-electron chi connectivity index (χ2n) is 21.3. The molecule has 2 heterocycles. The van der Waals surface area contributed by atoms with E-state index in [-0.39, 0.29) is 65.0 Å². The van der Waals surface area contributed by atoms with E-state index in [1.165, 1.54) is 7.11 Å². The van der Waals surface area contributed by atoms with Gasteiger partial charge in [-0.05, 0) is 135 Å². The number of benzene rings is 4. The Morgan fingerprint density at radius 3 is 1.35 bits per heavy atom. The first-order valence-corrected chi connectivity index (χ1v) is 24.5. The summed E-state index contributed by atoms with van der Waals surface area (Å²) in [6.07, 6.45) is -9.66. The predicted molar refractivity (Wildman–Crippen MR) is 277 cm³/mol. The molecule has 0 fully saturated rings. The average Bonchev–Trinajstić information content (AvgIpc) is 3.33. The number of aromatic nitrogens is 6. The van der Waals surface area contributed by atoms with Crippen molar-refractivity contribution in [3.63, 3.8) is 0 Å². The number of aryl methyl sites for hydroxylation is 2. The summed E-state index contributed by atoms with van der Waals surface area (Å²) in [7, 11) is 1.43. The van der Waals surface area contributed by atoms with Crippen LogP contribution in [0.4, 0.5) is 26.3 Å². The Morgan fingerprint density at radius 1 is 0.533 bits per heavy atom. The number of ketones is 2. The molecule has 0 atom stereocenters. The molecule has 20 heteroatoms. The second kappa shape index (κ2) is 23.6. The van der Waals surface area contributed by atoms with Crippen LogP contribution in [0.25, 0.3) is 45.6 Å². The van der Waals surface area contributed by atoms with Gasteiger partial charge in [0.1, 0.15) is 39.7 Å². The van der Waals surface area contributed by atoms with Crippen molar-refractivity contribution in [2.75, 3.05) is 20.3 Å². The zero-order valence-electron chi connectivity index (χ0n) is 43.5. The summed E-state index contributed by atoms with van der Waals surface area (Å²) in [5, 5.41) is 0.609. The summed E-state index contributed by atoms with van der Waals surface area (Å²) in [5.41, 5.74) is -2.20. The zero-order chi connectivity index (χ0) is 55.9. The summed E-state index contributed by atoms with van der Waals surface area (Å²) in [6, 6.07) is 24.1. The molecule has 75 heavy (non-hydrogen) atoms. The van der Waals surface area contributed by atoms with Crippen LogP contribution in [-0.2, 0) is 22.4 Å². The molecular weight excluding hydrogens is 1030 g/mol. The van der Waals surface area contributed by atoms with Gasteiger partial charge in [0.05, 0.1) is 30.4 Å². The van der Waals surface area contributed by atoms with Crippen molar-refractivity contribution in [3.8, 4) is 63.1 Å². The van der Waals surface area contributed by atoms with Crippen LogP contribution in [0.5, 0.6) is 17.5 Å². The highest BCUT2D eigenvalue weighted by Crippen LogP contribution is 2.41. The first-order chi connectivity index (χ1) is 34.7. The minimum atomic E-state index is -4.64. The molecule has 0 amide bonds. The average molecular weight is 1090 g/mol. The van der Waals surface area contributed by atoms with E-state index in [1.54, 1.807) is 60.7 Å². The lowest BCUT2D eigenvalue weighted by molar-refractivity contribution is -0.211. The highest BCUT2D eigenvalue weighted by Gasteiger charge is 2.52. The Morgan fingerprint density at radius 2 is 0.933 bits per heavy atom. The number of alkyl halides is 6. The third kappa shape index (κ3) is 16.3. The van der Waals surface area contributed by atoms with Crippen molar-refractivity contribution in [1.82, 2.24) is 29.9 Å². The maximum atomic E-state index is 13.2. The van der Waals surface area contributed by atoms with Gasteiger partial charge < -0.3 is 14.2 Å². The third-order valence-corrected chi connectivity index (χ3v) is 12.3. The Bertz CT molecular complexity index is 3020. The summed E-state index contributed by atoms with van der Waals surface area (Å²) in [6.45, 7) is 17.1. The van der Waals surface area contributed by atoms with Crippen molar-refractivity contribution in [3.05, 3.63) is 117 Å². The van der Waals surface area contributed by atoms with Crippen LogP contribution >= 0.6 is 23.2 Å². The molecule has 0 saturated heterocycles. The lowest BCUT2D eigenvalue weighted by atomic mass is 9.84. The van der Waals surface area contributed by atoms with E-state index in [4.69, 9.17) is 37.4 Å². The highest BCUT2D eigenvalue weighted by atomic mass is 35.5. The topological polar surface area (TPSA) is 159 Å². The highest BCUT2D eigenvalue weighted by molar-refractivity contribution is 6.33. The van der Waals surface area contributed by atoms with E-state index in [0.717, 1.165) is 27.7 Å². The fourth-order valence-corrected chi connectivity index (χ4v) is 7.01. The van der Waals surface area contributed by atoms with Gasteiger partial charge in [-0.2, -0.15) is 41.3 Å². The number of ether oxygens (including phenoxy) is 3. The SMILES string of the molecule is CC(C)(C)COc1ccc(-c2nc(-c3cc(CCC(=O)C(C)(C)C(F)(F)F)ccc3Cl)[nH]c(=O)n2)cc1.COc1nc(-c2ccc(OCC(C)(C)C)cc2)nc(-c2cc(CCC(=O)C(C)(C)C(F)(F)F)ccc2Cl)n1. The van der Waals surface area contributed by atoms with Gasteiger partial charge in [0.2, 0.25) is 0 Å². The lowest BCUT2D eigenvalue weighted by Gasteiger charge is -2.26. The Balaban J connectivity index is 0.000000277. The Hall–Kier alpha value is -6.40. The van der Waals surface area contributed by atoms with Crippen LogP contribution in [0.2, 0.25) is 10.0 Å². The number of methoxy groups -OCH3 is 1. The molecule has 2 aromatic heterocycles. The lowest BCUT2D eigenvalue weighted by Crippen LogP contribution is -2.39. The number of rotatable bonds is 17. The number of carbonyl (C=O) groups is 2. The zero-order valence-corrected chi connectivity index (χ0v) is 45.0. The third-order valence-electron chi connectivity index (χ3n) is 11.7. The first kappa shape index (κ1) is 59.5. The molecule has 0 aliphatic rings. The number of aromatic amines is 1. The van der Waals surface area contributed by atoms with Gasteiger partial charge in [0, 0.05) is 35.1 Å². The van der Waals surface area contributed by atoms with Gasteiger partial charge >= 0.3 is 24.1 Å². The summed E-state index contributed by atoms with van der Waals surface area (Å²) in [5.74, 6) is 0.476. The minimum Gasteiger partial charge on any atom is -0.493 e. The molecule has 1 N–H and O–H groups in total. The van der Waals surface area contributed by atoms with E-state index in [2.05, 4.69) is 71.4 Å². The molecule has 0 aliphatic heterocycles. The van der Waals surface area contributed by atoms with Crippen molar-refractivity contribution in [2.24, 2.45) is 21.7 Å². The van der Waals surface area contributed by atoms with Crippen LogP contribution in [0.1, 0.15) is 93.2 Å². The van der Waals surface area contributed by atoms with Gasteiger partial charge in [-0.3, -0.25) is 14.6 Å². The molecule has 0 spiro atoms. The van der Waals surface area contributed by atoms with Gasteiger partial charge in [0.15, 0.2) is 17.5 Å². The predicted octanol–water partition coefficient (Wildman–Crippen LogP) is 14.1. The molecule has 6 aromatic rings. The standard InChI is InChI=1S/C28H31ClF3N3O3.C27H29ClF3N3O3/c1-26(2,3)16-38-19-11-9-18(10-12-19)23-33-24(35-25(34-23)37-6)20-15-17(7-13-21(20)29)8-14-22(36)27(4,5)28(30,31)32;1-25(2,3)15-37-18-10-8-17(9-11-18)22-32-23(34-24(36)33-22)19-14-16(6-12-20(19)28)7-13-21(35)26(4,5)27(29,30)31/h7,9-13,15H,8,14,16H2,1-6H3;6,8-12,14H,7,13,15H2,1-5H3,(H,32,33,34,36). The smallest absolute Gasteiger partial charge is 0.400 e. The Kier molecular flexibility index (Phi) is 18.8. The maximum absolute atomic E-state index is 13.2. The number of carbonyl (C=O) groups excluding carboxylic acids is 2. The summed E-state index contributed by atoms with van der Waals surface area (Å²) < 4.78 is 96.1. The minimum absolute atomic E-state index is 0.000956. The molecule has 0 unspecified atom stereocenters. The molecule has 6 rings (SSSR count). The van der Waals surface area contributed by atoms with E-state index >= 15 is 0 Å². The number of Topliss-reactive ketones (excluding diaryl/α,β-unsaturated/α-hetero) is 2. The summed E-state index contributed by atoms with van der Waals surface area (Å²) >= 11 is 12.8. The maximum Gasteiger partial charge on any atom is 0.400 e.